The maximum Gasteiger partial charge on any atom is 0.191 e. The van der Waals surface area contributed by atoms with Crippen molar-refractivity contribution in [3.63, 3.8) is 0 Å². The lowest BCUT2D eigenvalue weighted by Gasteiger charge is -2.14. The van der Waals surface area contributed by atoms with Gasteiger partial charge in [-0.05, 0) is 31.7 Å². The van der Waals surface area contributed by atoms with Crippen molar-refractivity contribution in [1.82, 2.24) is 15.6 Å². The average molecular weight is 472 g/mol. The van der Waals surface area contributed by atoms with Gasteiger partial charge in [0.1, 0.15) is 5.75 Å². The van der Waals surface area contributed by atoms with Gasteiger partial charge in [0.15, 0.2) is 5.96 Å². The minimum Gasteiger partial charge on any atom is -0.493 e. The molecule has 25 heavy (non-hydrogen) atoms. The molecule has 136 valence electrons. The molecule has 0 unspecified atom stereocenters. The van der Waals surface area contributed by atoms with Crippen LogP contribution in [-0.2, 0) is 13.1 Å². The van der Waals surface area contributed by atoms with E-state index in [4.69, 9.17) is 4.74 Å². The zero-order valence-electron chi connectivity index (χ0n) is 14.6. The van der Waals surface area contributed by atoms with Gasteiger partial charge < -0.3 is 15.4 Å². The van der Waals surface area contributed by atoms with Gasteiger partial charge in [-0.2, -0.15) is 0 Å². The summed E-state index contributed by atoms with van der Waals surface area (Å²) in [6.45, 7) is 4.25. The maximum atomic E-state index is 5.95. The van der Waals surface area contributed by atoms with E-state index in [1.165, 1.54) is 17.7 Å². The number of nitrogens with one attached hydrogen (secondary N) is 2. The van der Waals surface area contributed by atoms with E-state index < -0.39 is 0 Å². The molecule has 1 aliphatic rings. The Hall–Kier alpha value is -1.35. The van der Waals surface area contributed by atoms with E-state index in [2.05, 4.69) is 26.7 Å². The molecule has 1 aromatic heterocycles. The molecule has 2 N–H and O–H groups in total. The van der Waals surface area contributed by atoms with Crippen molar-refractivity contribution in [2.45, 2.75) is 32.9 Å². The molecule has 0 amide bonds. The molecule has 0 radical (unpaired) electrons. The highest BCUT2D eigenvalue weighted by atomic mass is 127. The second-order valence-corrected chi connectivity index (χ2v) is 7.31. The molecule has 0 aliphatic heterocycles. The molecule has 3 rings (SSSR count). The zero-order valence-corrected chi connectivity index (χ0v) is 17.8. The van der Waals surface area contributed by atoms with Gasteiger partial charge in [0.05, 0.1) is 18.2 Å². The second kappa shape index (κ2) is 9.96. The van der Waals surface area contributed by atoms with Crippen LogP contribution >= 0.6 is 35.3 Å². The molecule has 1 aromatic carbocycles. The summed E-state index contributed by atoms with van der Waals surface area (Å²) in [5, 5.41) is 7.75. The summed E-state index contributed by atoms with van der Waals surface area (Å²) < 4.78 is 5.95. The van der Waals surface area contributed by atoms with Crippen LogP contribution in [0.15, 0.2) is 35.5 Å². The van der Waals surface area contributed by atoms with Crippen LogP contribution in [0.1, 0.15) is 28.3 Å². The number of rotatable bonds is 7. The van der Waals surface area contributed by atoms with Crippen molar-refractivity contribution in [2.75, 3.05) is 13.7 Å². The molecule has 0 spiro atoms. The average Bonchev–Trinajstić information content (AvgIpc) is 3.34. The third-order valence-corrected chi connectivity index (χ3v) is 4.83. The van der Waals surface area contributed by atoms with Crippen molar-refractivity contribution < 1.29 is 4.74 Å². The van der Waals surface area contributed by atoms with Gasteiger partial charge in [-0.1, -0.05) is 18.2 Å². The van der Waals surface area contributed by atoms with Crippen LogP contribution < -0.4 is 15.4 Å². The Balaban J connectivity index is 0.00000225. The van der Waals surface area contributed by atoms with Gasteiger partial charge in [-0.3, -0.25) is 4.99 Å². The fraction of sp³-hybridized carbons (Fsp3) is 0.444. The van der Waals surface area contributed by atoms with Gasteiger partial charge in [0, 0.05) is 30.2 Å². The van der Waals surface area contributed by atoms with Crippen LogP contribution in [0.3, 0.4) is 0 Å². The molecule has 0 saturated heterocycles. The summed E-state index contributed by atoms with van der Waals surface area (Å²) in [5.41, 5.74) is 1.15. The van der Waals surface area contributed by atoms with E-state index in [-0.39, 0.29) is 24.0 Å². The third-order valence-electron chi connectivity index (χ3n) is 3.91. The highest BCUT2D eigenvalue weighted by Gasteiger charge is 2.22. The van der Waals surface area contributed by atoms with Gasteiger partial charge in [-0.25, -0.2) is 4.98 Å². The Kier molecular flexibility index (Phi) is 7.95. The predicted molar refractivity (Wildman–Crippen MR) is 114 cm³/mol. The summed E-state index contributed by atoms with van der Waals surface area (Å²) in [6, 6.07) is 8.19. The number of halogens is 1. The van der Waals surface area contributed by atoms with Gasteiger partial charge >= 0.3 is 0 Å². The fourth-order valence-electron chi connectivity index (χ4n) is 2.34. The molecular formula is C18H25IN4OS. The molecule has 7 heteroatoms. The van der Waals surface area contributed by atoms with Crippen LogP contribution in [0.25, 0.3) is 0 Å². The van der Waals surface area contributed by atoms with Crippen molar-refractivity contribution >= 4 is 41.3 Å². The quantitative estimate of drug-likeness (QED) is 0.367. The summed E-state index contributed by atoms with van der Waals surface area (Å²) in [4.78, 5) is 9.74. The number of aliphatic imine (C=N–C) groups is 1. The molecule has 2 aromatic rings. The van der Waals surface area contributed by atoms with E-state index in [1.54, 1.807) is 18.4 Å². The largest absolute Gasteiger partial charge is 0.493 e. The van der Waals surface area contributed by atoms with Crippen LogP contribution in [0.5, 0.6) is 5.75 Å². The molecular weight excluding hydrogens is 447 g/mol. The molecule has 0 atom stereocenters. The molecule has 1 aliphatic carbocycles. The van der Waals surface area contributed by atoms with Crippen LogP contribution in [0, 0.1) is 12.8 Å². The lowest BCUT2D eigenvalue weighted by molar-refractivity contribution is 0.296. The highest BCUT2D eigenvalue weighted by molar-refractivity contribution is 14.0. The van der Waals surface area contributed by atoms with Crippen molar-refractivity contribution in [1.29, 1.82) is 0 Å². The standard InChI is InChI=1S/C18H24N4OS.HI/c1-13-20-10-16(24-13)11-22-18(19-2)21-9-15-5-3-4-6-17(15)23-12-14-7-8-14;/h3-6,10,14H,7-9,11-12H2,1-2H3,(H2,19,21,22);1H. The topological polar surface area (TPSA) is 58.5 Å². The molecule has 1 fully saturated rings. The van der Waals surface area contributed by atoms with Crippen LogP contribution in [0.4, 0.5) is 0 Å². The second-order valence-electron chi connectivity index (χ2n) is 5.99. The lowest BCUT2D eigenvalue weighted by atomic mass is 10.2. The molecule has 1 saturated carbocycles. The van der Waals surface area contributed by atoms with Crippen LogP contribution in [0.2, 0.25) is 0 Å². The number of hydrogen-bond acceptors (Lipinski definition) is 4. The number of thiazole rings is 1. The van der Waals surface area contributed by atoms with E-state index >= 15 is 0 Å². The number of benzene rings is 1. The van der Waals surface area contributed by atoms with E-state index in [0.717, 1.165) is 41.3 Å². The van der Waals surface area contributed by atoms with Crippen LogP contribution in [-0.4, -0.2) is 24.6 Å². The minimum absolute atomic E-state index is 0. The van der Waals surface area contributed by atoms with Crippen molar-refractivity contribution in [3.05, 3.63) is 45.9 Å². The molecule has 5 nitrogen and oxygen atoms in total. The Morgan fingerprint density at radius 3 is 2.72 bits per heavy atom. The maximum absolute atomic E-state index is 5.95. The number of hydrogen-bond donors (Lipinski definition) is 2. The number of aromatic nitrogens is 1. The Morgan fingerprint density at radius 2 is 2.04 bits per heavy atom. The van der Waals surface area contributed by atoms with Crippen molar-refractivity contribution in [2.24, 2.45) is 10.9 Å². The first-order valence-corrected chi connectivity index (χ1v) is 9.13. The summed E-state index contributed by atoms with van der Waals surface area (Å²) in [7, 11) is 1.78. The number of guanidine groups is 1. The number of para-hydroxylation sites is 1. The van der Waals surface area contributed by atoms with E-state index in [9.17, 15) is 0 Å². The Bertz CT molecular complexity index is 700. The molecule has 0 bridgehead atoms. The van der Waals surface area contributed by atoms with Gasteiger partial charge in [0.2, 0.25) is 0 Å². The highest BCUT2D eigenvalue weighted by Crippen LogP contribution is 2.30. The first kappa shape index (κ1) is 20.0. The number of aryl methyl sites for hydroxylation is 1. The molecule has 1 heterocycles. The first-order valence-electron chi connectivity index (χ1n) is 8.31. The fourth-order valence-corrected chi connectivity index (χ4v) is 3.07. The summed E-state index contributed by atoms with van der Waals surface area (Å²) in [6.07, 6.45) is 4.50. The van der Waals surface area contributed by atoms with Gasteiger partial charge in [0.25, 0.3) is 0 Å². The summed E-state index contributed by atoms with van der Waals surface area (Å²) in [5.74, 6) is 2.49. The van der Waals surface area contributed by atoms with Crippen molar-refractivity contribution in [3.8, 4) is 5.75 Å². The van der Waals surface area contributed by atoms with E-state index in [1.807, 2.05) is 31.3 Å². The van der Waals surface area contributed by atoms with Gasteiger partial charge in [-0.15, -0.1) is 35.3 Å². The monoisotopic (exact) mass is 472 g/mol. The predicted octanol–water partition coefficient (Wildman–Crippen LogP) is 3.72. The third kappa shape index (κ3) is 6.47. The normalized spacial score (nSPS) is 13.9. The van der Waals surface area contributed by atoms with E-state index in [0.29, 0.717) is 6.54 Å². The SMILES string of the molecule is CN=C(NCc1cnc(C)s1)NCc1ccccc1OCC1CC1.I. The smallest absolute Gasteiger partial charge is 0.191 e. The lowest BCUT2D eigenvalue weighted by Crippen LogP contribution is -2.36. The Labute approximate surface area is 170 Å². The number of ether oxygens (including phenoxy) is 1. The Morgan fingerprint density at radius 1 is 1.28 bits per heavy atom. The zero-order chi connectivity index (χ0) is 16.8. The summed E-state index contributed by atoms with van der Waals surface area (Å²) >= 11 is 1.70. The minimum atomic E-state index is 0. The number of nitrogens with zero attached hydrogens (tertiary/aromatic N) is 2. The first-order chi connectivity index (χ1) is 11.7.